The molecule has 0 fully saturated rings. The molecule has 1 rings (SSSR count). The van der Waals surface area contributed by atoms with Gasteiger partial charge in [0.2, 0.25) is 0 Å². The van der Waals surface area contributed by atoms with Crippen molar-refractivity contribution in [3.8, 4) is 0 Å². The highest BCUT2D eigenvalue weighted by Gasteiger charge is 2.11. The number of nitro benzene ring substituents is 1. The van der Waals surface area contributed by atoms with Crippen molar-refractivity contribution in [1.82, 2.24) is 0 Å². The number of benzene rings is 1. The van der Waals surface area contributed by atoms with Gasteiger partial charge in [-0.2, -0.15) is 0 Å². The highest BCUT2D eigenvalue weighted by Crippen LogP contribution is 2.23. The molecule has 0 saturated heterocycles. The Morgan fingerprint density at radius 1 is 1.37 bits per heavy atom. The molecular weight excluding hydrogens is 252 g/mol. The summed E-state index contributed by atoms with van der Waals surface area (Å²) in [5.74, 6) is 5.27. The lowest BCUT2D eigenvalue weighted by molar-refractivity contribution is -0.384. The molecule has 0 aliphatic heterocycles. The first-order valence-electron chi connectivity index (χ1n) is 5.62. The van der Waals surface area contributed by atoms with Crippen molar-refractivity contribution in [2.45, 2.75) is 6.10 Å². The summed E-state index contributed by atoms with van der Waals surface area (Å²) in [5, 5.41) is 13.8. The number of hydrazine groups is 1. The van der Waals surface area contributed by atoms with Crippen molar-refractivity contribution in [1.29, 1.82) is 0 Å². The average Bonchev–Trinajstić information content (AvgIpc) is 2.42. The molecule has 1 unspecified atom stereocenters. The van der Waals surface area contributed by atoms with Crippen LogP contribution >= 0.6 is 0 Å². The fraction of sp³-hybridized carbons (Fsp3) is 0.455. The first-order valence-corrected chi connectivity index (χ1v) is 5.62. The first-order chi connectivity index (χ1) is 9.10. The minimum atomic E-state index is -0.477. The van der Waals surface area contributed by atoms with Crippen molar-refractivity contribution in [3.05, 3.63) is 28.3 Å². The minimum Gasteiger partial charge on any atom is -0.382 e. The van der Waals surface area contributed by atoms with Crippen LogP contribution in [0.5, 0.6) is 0 Å². The van der Waals surface area contributed by atoms with Crippen molar-refractivity contribution < 1.29 is 14.4 Å². The van der Waals surface area contributed by atoms with Crippen molar-refractivity contribution >= 4 is 17.1 Å². The van der Waals surface area contributed by atoms with E-state index in [1.807, 2.05) is 0 Å². The Morgan fingerprint density at radius 3 is 2.58 bits per heavy atom. The normalized spacial score (nSPS) is 11.9. The van der Waals surface area contributed by atoms with Gasteiger partial charge in [0.05, 0.1) is 23.3 Å². The van der Waals surface area contributed by atoms with E-state index in [4.69, 9.17) is 15.3 Å². The highest BCUT2D eigenvalue weighted by molar-refractivity contribution is 5.63. The first kappa shape index (κ1) is 15.2. The zero-order chi connectivity index (χ0) is 14.3. The molecule has 8 heteroatoms. The van der Waals surface area contributed by atoms with Gasteiger partial charge in [-0.05, 0) is 6.07 Å². The van der Waals surface area contributed by atoms with Gasteiger partial charge < -0.3 is 20.2 Å². The summed E-state index contributed by atoms with van der Waals surface area (Å²) in [6, 6.07) is 4.46. The molecule has 0 aliphatic rings. The van der Waals surface area contributed by atoms with Crippen molar-refractivity contribution in [2.75, 3.05) is 38.1 Å². The van der Waals surface area contributed by atoms with Crippen LogP contribution in [0.25, 0.3) is 0 Å². The Labute approximate surface area is 111 Å². The Kier molecular flexibility index (Phi) is 6.00. The number of ether oxygens (including phenoxy) is 2. The number of nitrogen functional groups attached to an aromatic ring is 1. The lowest BCUT2D eigenvalue weighted by Gasteiger charge is -2.16. The van der Waals surface area contributed by atoms with Gasteiger partial charge in [-0.15, -0.1) is 0 Å². The van der Waals surface area contributed by atoms with Gasteiger partial charge in [0.25, 0.3) is 5.69 Å². The summed E-state index contributed by atoms with van der Waals surface area (Å²) in [6.45, 7) is 0.899. The van der Waals surface area contributed by atoms with Crippen LogP contribution in [0.15, 0.2) is 18.2 Å². The fourth-order valence-corrected chi connectivity index (χ4v) is 1.53. The van der Waals surface area contributed by atoms with Gasteiger partial charge in [0, 0.05) is 38.6 Å². The zero-order valence-electron chi connectivity index (χ0n) is 10.9. The predicted molar refractivity (Wildman–Crippen MR) is 72.1 cm³/mol. The lowest BCUT2D eigenvalue weighted by atomic mass is 10.2. The van der Waals surface area contributed by atoms with Crippen LogP contribution in [0, 0.1) is 10.1 Å². The maximum Gasteiger partial charge on any atom is 0.273 e. The van der Waals surface area contributed by atoms with E-state index in [9.17, 15) is 10.1 Å². The molecule has 106 valence electrons. The second kappa shape index (κ2) is 7.52. The van der Waals surface area contributed by atoms with Gasteiger partial charge in [-0.25, -0.2) is 0 Å². The molecule has 0 aliphatic carbocycles. The topological polar surface area (TPSA) is 112 Å². The molecule has 0 spiro atoms. The summed E-state index contributed by atoms with van der Waals surface area (Å²) in [6.07, 6.45) is -0.140. The van der Waals surface area contributed by atoms with Crippen LogP contribution in [0.3, 0.4) is 0 Å². The SMILES string of the molecule is COCC(CNc1cc(NN)cc([N+](=O)[O-])c1)OC. The number of nitrogens with one attached hydrogen (secondary N) is 2. The van der Waals surface area contributed by atoms with E-state index in [0.717, 1.165) is 0 Å². The maximum absolute atomic E-state index is 10.8. The van der Waals surface area contributed by atoms with Crippen LogP contribution in [-0.2, 0) is 9.47 Å². The number of non-ortho nitro benzene ring substituents is 1. The molecule has 0 aromatic heterocycles. The second-order valence-corrected chi connectivity index (χ2v) is 3.86. The molecule has 0 bridgehead atoms. The largest absolute Gasteiger partial charge is 0.382 e. The average molecular weight is 270 g/mol. The number of hydrogen-bond acceptors (Lipinski definition) is 7. The Balaban J connectivity index is 2.76. The number of anilines is 2. The number of rotatable bonds is 8. The third-order valence-corrected chi connectivity index (χ3v) is 2.52. The van der Waals surface area contributed by atoms with Crippen LogP contribution in [0.2, 0.25) is 0 Å². The van der Waals surface area contributed by atoms with Crippen LogP contribution in [-0.4, -0.2) is 38.4 Å². The fourth-order valence-electron chi connectivity index (χ4n) is 1.53. The predicted octanol–water partition coefficient (Wildman–Crippen LogP) is 0.954. The van der Waals surface area contributed by atoms with Crippen LogP contribution in [0.1, 0.15) is 0 Å². The Hall–Kier alpha value is -1.90. The van der Waals surface area contributed by atoms with E-state index >= 15 is 0 Å². The summed E-state index contributed by atoms with van der Waals surface area (Å²) < 4.78 is 10.2. The van der Waals surface area contributed by atoms with Gasteiger partial charge in [-0.3, -0.25) is 16.0 Å². The summed E-state index contributed by atoms with van der Waals surface area (Å²) >= 11 is 0. The van der Waals surface area contributed by atoms with Gasteiger partial charge in [0.1, 0.15) is 0 Å². The van der Waals surface area contributed by atoms with Gasteiger partial charge in [-0.1, -0.05) is 0 Å². The molecule has 0 amide bonds. The Bertz CT molecular complexity index is 427. The van der Waals surface area contributed by atoms with Gasteiger partial charge >= 0.3 is 0 Å². The Morgan fingerprint density at radius 2 is 2.05 bits per heavy atom. The second-order valence-electron chi connectivity index (χ2n) is 3.86. The molecule has 4 N–H and O–H groups in total. The van der Waals surface area contributed by atoms with E-state index in [1.165, 1.54) is 12.1 Å². The lowest BCUT2D eigenvalue weighted by Crippen LogP contribution is -2.26. The monoisotopic (exact) mass is 270 g/mol. The number of nitrogens with zero attached hydrogens (tertiary/aromatic N) is 1. The maximum atomic E-state index is 10.8. The van der Waals surface area contributed by atoms with E-state index < -0.39 is 4.92 Å². The third kappa shape index (κ3) is 4.70. The van der Waals surface area contributed by atoms with E-state index in [2.05, 4.69) is 10.7 Å². The number of nitro groups is 1. The molecule has 1 aromatic rings. The van der Waals surface area contributed by atoms with Gasteiger partial charge in [0.15, 0.2) is 0 Å². The summed E-state index contributed by atoms with van der Waals surface area (Å²) in [5.41, 5.74) is 3.39. The van der Waals surface area contributed by atoms with Crippen molar-refractivity contribution in [2.24, 2.45) is 5.84 Å². The third-order valence-electron chi connectivity index (χ3n) is 2.52. The molecule has 1 aromatic carbocycles. The van der Waals surface area contributed by atoms with Crippen LogP contribution < -0.4 is 16.6 Å². The smallest absolute Gasteiger partial charge is 0.273 e. The molecule has 0 heterocycles. The van der Waals surface area contributed by atoms with E-state index in [-0.39, 0.29) is 11.8 Å². The van der Waals surface area contributed by atoms with E-state index in [0.29, 0.717) is 24.5 Å². The van der Waals surface area contributed by atoms with Crippen molar-refractivity contribution in [3.63, 3.8) is 0 Å². The minimum absolute atomic E-state index is 0.0429. The number of nitrogens with two attached hydrogens (primary N) is 1. The molecule has 8 nitrogen and oxygen atoms in total. The quantitative estimate of drug-likeness (QED) is 0.366. The molecule has 0 saturated carbocycles. The molecule has 19 heavy (non-hydrogen) atoms. The zero-order valence-corrected chi connectivity index (χ0v) is 10.9. The molecular formula is C11H18N4O4. The molecule has 1 atom stereocenters. The number of methoxy groups -OCH3 is 2. The number of hydrogen-bond donors (Lipinski definition) is 3. The summed E-state index contributed by atoms with van der Waals surface area (Å²) in [4.78, 5) is 10.3. The summed E-state index contributed by atoms with van der Waals surface area (Å²) in [7, 11) is 3.15. The highest BCUT2D eigenvalue weighted by atomic mass is 16.6. The molecule has 0 radical (unpaired) electrons. The van der Waals surface area contributed by atoms with E-state index in [1.54, 1.807) is 20.3 Å². The standard InChI is InChI=1S/C11H18N4O4/c1-18-7-11(19-2)6-13-8-3-9(14-12)5-10(4-8)15(16)17/h3-5,11,13-14H,6-7,12H2,1-2H3. The van der Waals surface area contributed by atoms with Crippen LogP contribution in [0.4, 0.5) is 17.1 Å².